The Balaban J connectivity index is 1.96. The van der Waals surface area contributed by atoms with Gasteiger partial charge in [0.2, 0.25) is 0 Å². The van der Waals surface area contributed by atoms with Crippen molar-refractivity contribution in [1.29, 1.82) is 0 Å². The Hall–Kier alpha value is -2.21. The molecule has 0 saturated heterocycles. The Morgan fingerprint density at radius 1 is 1.38 bits per heavy atom. The molecule has 0 radical (unpaired) electrons. The number of nitrogens with two attached hydrogens (primary N) is 1. The van der Waals surface area contributed by atoms with E-state index in [1.54, 1.807) is 23.0 Å². The molecule has 0 aliphatic carbocycles. The summed E-state index contributed by atoms with van der Waals surface area (Å²) in [6.45, 7) is 6.21. The predicted octanol–water partition coefficient (Wildman–Crippen LogP) is 1.75. The Bertz CT molecular complexity index is 629. The lowest BCUT2D eigenvalue weighted by molar-refractivity contribution is 0.101. The first-order chi connectivity index (χ1) is 9.88. The van der Waals surface area contributed by atoms with Crippen LogP contribution in [0.15, 0.2) is 30.5 Å². The molecule has 2 N–H and O–H groups in total. The van der Waals surface area contributed by atoms with Gasteiger partial charge in [-0.25, -0.2) is 4.68 Å². The van der Waals surface area contributed by atoms with Gasteiger partial charge in [0, 0.05) is 0 Å². The molecule has 0 aliphatic heterocycles. The van der Waals surface area contributed by atoms with E-state index in [2.05, 4.69) is 10.3 Å². The van der Waals surface area contributed by atoms with Crippen LogP contribution in [-0.4, -0.2) is 27.4 Å². The molecule has 0 atom stereocenters. The number of rotatable bonds is 6. The molecule has 0 unspecified atom stereocenters. The second-order valence-corrected chi connectivity index (χ2v) is 5.49. The van der Waals surface area contributed by atoms with Crippen molar-refractivity contribution in [3.8, 4) is 5.75 Å². The van der Waals surface area contributed by atoms with Gasteiger partial charge >= 0.3 is 0 Å². The second kappa shape index (κ2) is 6.05. The topological polar surface area (TPSA) is 83.0 Å². The summed E-state index contributed by atoms with van der Waals surface area (Å²) in [5.41, 5.74) is 6.76. The van der Waals surface area contributed by atoms with Crippen LogP contribution in [0.3, 0.4) is 0 Å². The van der Waals surface area contributed by atoms with Gasteiger partial charge in [0.1, 0.15) is 18.1 Å². The summed E-state index contributed by atoms with van der Waals surface area (Å²) < 4.78 is 7.34. The summed E-state index contributed by atoms with van der Waals surface area (Å²) in [5.74, 6) is 0.572. The summed E-state index contributed by atoms with van der Waals surface area (Å²) in [6.07, 6.45) is 1.81. The van der Waals surface area contributed by atoms with Crippen LogP contribution >= 0.6 is 0 Å². The average Bonchev–Trinajstić information content (AvgIpc) is 2.88. The fourth-order valence-electron chi connectivity index (χ4n) is 1.84. The zero-order chi connectivity index (χ0) is 15.5. The van der Waals surface area contributed by atoms with Gasteiger partial charge in [0.15, 0.2) is 5.78 Å². The monoisotopic (exact) mass is 288 g/mol. The van der Waals surface area contributed by atoms with E-state index in [4.69, 9.17) is 10.5 Å². The van der Waals surface area contributed by atoms with Crippen LogP contribution in [0.1, 0.15) is 36.8 Å². The normalized spacial score (nSPS) is 11.4. The fourth-order valence-corrected chi connectivity index (χ4v) is 1.84. The number of aromatic nitrogens is 3. The number of carbonyl (C=O) groups is 1. The molecular weight excluding hydrogens is 268 g/mol. The number of hydrogen-bond acceptors (Lipinski definition) is 5. The number of carbonyl (C=O) groups excluding carboxylic acids is 1. The lowest BCUT2D eigenvalue weighted by Crippen LogP contribution is -2.29. The summed E-state index contributed by atoms with van der Waals surface area (Å²) >= 11 is 0. The van der Waals surface area contributed by atoms with Crippen LogP contribution in [0, 0.1) is 0 Å². The summed E-state index contributed by atoms with van der Waals surface area (Å²) in [7, 11) is 0. The molecule has 6 heteroatoms. The van der Waals surface area contributed by atoms with Crippen molar-refractivity contribution in [2.75, 3.05) is 6.61 Å². The molecule has 0 aliphatic rings. The third kappa shape index (κ3) is 3.88. The first kappa shape index (κ1) is 15.2. The average molecular weight is 288 g/mol. The highest BCUT2D eigenvalue weighted by Gasteiger charge is 2.18. The van der Waals surface area contributed by atoms with E-state index in [9.17, 15) is 4.79 Å². The van der Waals surface area contributed by atoms with Gasteiger partial charge < -0.3 is 10.5 Å². The number of nitrogens with zero attached hydrogens (tertiary/aromatic N) is 3. The molecular formula is C15H20N4O2. The molecule has 2 aromatic rings. The molecule has 0 spiro atoms. The Labute approximate surface area is 123 Å². The summed E-state index contributed by atoms with van der Waals surface area (Å²) in [6, 6.07) is 7.19. The van der Waals surface area contributed by atoms with E-state index in [0.717, 1.165) is 5.69 Å². The van der Waals surface area contributed by atoms with Crippen LogP contribution < -0.4 is 10.5 Å². The van der Waals surface area contributed by atoms with Crippen molar-refractivity contribution in [3.05, 3.63) is 41.7 Å². The van der Waals surface area contributed by atoms with Crippen LogP contribution in [0.4, 0.5) is 0 Å². The first-order valence-corrected chi connectivity index (χ1v) is 6.80. The number of Topliss-reactive ketones (excluding diaryl/α,β-unsaturated/α-hetero) is 1. The molecule has 112 valence electrons. The fraction of sp³-hybridized carbons (Fsp3) is 0.400. The lowest BCUT2D eigenvalue weighted by Gasteiger charge is -2.13. The van der Waals surface area contributed by atoms with Crippen LogP contribution in [0.5, 0.6) is 5.75 Å². The smallest absolute Gasteiger partial charge is 0.163 e. The van der Waals surface area contributed by atoms with Gasteiger partial charge in [-0.3, -0.25) is 4.79 Å². The number of para-hydroxylation sites is 1. The van der Waals surface area contributed by atoms with E-state index in [-0.39, 0.29) is 5.78 Å². The summed E-state index contributed by atoms with van der Waals surface area (Å²) in [5, 5.41) is 8.05. The Morgan fingerprint density at radius 2 is 2.10 bits per heavy atom. The van der Waals surface area contributed by atoms with E-state index >= 15 is 0 Å². The maximum absolute atomic E-state index is 11.5. The first-order valence-electron chi connectivity index (χ1n) is 6.80. The van der Waals surface area contributed by atoms with Gasteiger partial charge in [-0.2, -0.15) is 0 Å². The quantitative estimate of drug-likeness (QED) is 0.819. The number of hydrogen-bond donors (Lipinski definition) is 1. The number of benzene rings is 1. The van der Waals surface area contributed by atoms with Crippen molar-refractivity contribution in [1.82, 2.24) is 15.0 Å². The third-order valence-electron chi connectivity index (χ3n) is 3.04. The van der Waals surface area contributed by atoms with E-state index in [0.29, 0.717) is 24.5 Å². The van der Waals surface area contributed by atoms with Crippen LogP contribution in [-0.2, 0) is 12.1 Å². The van der Waals surface area contributed by atoms with Gasteiger partial charge in [-0.15, -0.1) is 5.10 Å². The molecule has 1 aromatic heterocycles. The van der Waals surface area contributed by atoms with E-state index in [1.165, 1.54) is 6.92 Å². The minimum atomic E-state index is -0.514. The standard InChI is InChI=1S/C15H20N4O2/c1-11(20)12-6-4-5-7-13(12)21-9-8-19-10-14(17-18-19)15(2,3)16/h4-7,10H,8-9,16H2,1-3H3. The largest absolute Gasteiger partial charge is 0.491 e. The molecule has 6 nitrogen and oxygen atoms in total. The van der Waals surface area contributed by atoms with Crippen molar-refractivity contribution in [2.45, 2.75) is 32.9 Å². The van der Waals surface area contributed by atoms with Crippen molar-refractivity contribution >= 4 is 5.78 Å². The van der Waals surface area contributed by atoms with Crippen molar-refractivity contribution in [2.24, 2.45) is 5.73 Å². The number of ketones is 1. The molecule has 0 amide bonds. The van der Waals surface area contributed by atoms with Gasteiger partial charge in [-0.05, 0) is 32.9 Å². The molecule has 21 heavy (non-hydrogen) atoms. The highest BCUT2D eigenvalue weighted by molar-refractivity contribution is 5.96. The van der Waals surface area contributed by atoms with E-state index < -0.39 is 5.54 Å². The van der Waals surface area contributed by atoms with Gasteiger partial charge in [0.05, 0.1) is 23.8 Å². The van der Waals surface area contributed by atoms with Crippen molar-refractivity contribution < 1.29 is 9.53 Å². The molecule has 1 aromatic carbocycles. The zero-order valence-corrected chi connectivity index (χ0v) is 12.5. The second-order valence-electron chi connectivity index (χ2n) is 5.49. The zero-order valence-electron chi connectivity index (χ0n) is 12.5. The lowest BCUT2D eigenvalue weighted by atomic mass is 10.0. The minimum Gasteiger partial charge on any atom is -0.491 e. The highest BCUT2D eigenvalue weighted by Crippen LogP contribution is 2.18. The number of ether oxygens (including phenoxy) is 1. The minimum absolute atomic E-state index is 0.0153. The SMILES string of the molecule is CC(=O)c1ccccc1OCCn1cc(C(C)(C)N)nn1. The predicted molar refractivity (Wildman–Crippen MR) is 79.2 cm³/mol. The molecule has 0 saturated carbocycles. The van der Waals surface area contributed by atoms with Gasteiger partial charge in [-0.1, -0.05) is 17.3 Å². The van der Waals surface area contributed by atoms with Crippen molar-refractivity contribution in [3.63, 3.8) is 0 Å². The van der Waals surface area contributed by atoms with Gasteiger partial charge in [0.25, 0.3) is 0 Å². The van der Waals surface area contributed by atoms with E-state index in [1.807, 2.05) is 26.0 Å². The maximum atomic E-state index is 11.5. The molecule has 0 fully saturated rings. The Kier molecular flexibility index (Phi) is 4.37. The molecule has 0 bridgehead atoms. The highest BCUT2D eigenvalue weighted by atomic mass is 16.5. The third-order valence-corrected chi connectivity index (χ3v) is 3.04. The molecule has 1 heterocycles. The Morgan fingerprint density at radius 3 is 2.71 bits per heavy atom. The maximum Gasteiger partial charge on any atom is 0.163 e. The van der Waals surface area contributed by atoms with Crippen LogP contribution in [0.25, 0.3) is 0 Å². The molecule has 2 rings (SSSR count). The van der Waals surface area contributed by atoms with Crippen LogP contribution in [0.2, 0.25) is 0 Å². The summed E-state index contributed by atoms with van der Waals surface area (Å²) in [4.78, 5) is 11.5.